The van der Waals surface area contributed by atoms with E-state index in [1.165, 1.54) is 18.9 Å². The Morgan fingerprint density at radius 2 is 1.50 bits per heavy atom. The molecule has 1 saturated heterocycles. The number of rotatable bonds is 7. The highest BCUT2D eigenvalue weighted by Gasteiger charge is 2.49. The largest absolute Gasteiger partial charge is 0.466 e. The second-order valence-electron chi connectivity index (χ2n) is 9.96. The van der Waals surface area contributed by atoms with E-state index >= 15 is 0 Å². The molecule has 192 valence electrons. The Morgan fingerprint density at radius 1 is 0.972 bits per heavy atom. The fourth-order valence-corrected chi connectivity index (χ4v) is 5.25. The Morgan fingerprint density at radius 3 is 1.97 bits per heavy atom. The van der Waals surface area contributed by atoms with Crippen molar-refractivity contribution in [3.63, 3.8) is 0 Å². The van der Waals surface area contributed by atoms with Crippen molar-refractivity contribution in [1.82, 2.24) is 5.32 Å². The summed E-state index contributed by atoms with van der Waals surface area (Å²) in [6.45, 7) is 9.00. The first-order chi connectivity index (χ1) is 16.9. The molecule has 36 heavy (non-hydrogen) atoms. The molecule has 1 heterocycles. The normalized spacial score (nSPS) is 19.6. The van der Waals surface area contributed by atoms with Crippen LogP contribution in [0.25, 0.3) is 0 Å². The molecule has 3 rings (SSSR count). The monoisotopic (exact) mass is 511 g/mol. The van der Waals surface area contributed by atoms with Crippen molar-refractivity contribution < 1.29 is 28.6 Å². The standard InChI is InChI=1S/C28H33NO6S/c1-27(2,3)35-21(30)17-20(25(31)33-6)24-29-23(28(4,5)36-24)26(32)34-22(18-13-9-7-10-14-18)19-15-11-8-12-16-19/h7-17,22-24,29H,1-6H3/b20-17+/t23-,24+/m0/s1. The summed E-state index contributed by atoms with van der Waals surface area (Å²) in [5.41, 5.74) is 1.04. The third-order valence-electron chi connectivity index (χ3n) is 5.49. The van der Waals surface area contributed by atoms with E-state index in [9.17, 15) is 14.4 Å². The molecule has 0 saturated carbocycles. The van der Waals surface area contributed by atoms with Crippen molar-refractivity contribution in [2.24, 2.45) is 0 Å². The molecule has 0 aromatic heterocycles. The van der Waals surface area contributed by atoms with Crippen LogP contribution >= 0.6 is 11.8 Å². The summed E-state index contributed by atoms with van der Waals surface area (Å²) < 4.78 is 15.7. The van der Waals surface area contributed by atoms with Gasteiger partial charge in [-0.3, -0.25) is 10.1 Å². The van der Waals surface area contributed by atoms with Crippen LogP contribution < -0.4 is 5.32 Å². The number of nitrogens with one attached hydrogen (secondary N) is 1. The lowest BCUT2D eigenvalue weighted by atomic mass is 10.00. The Labute approximate surface area is 216 Å². The van der Waals surface area contributed by atoms with Gasteiger partial charge in [-0.15, -0.1) is 11.8 Å². The SMILES string of the molecule is COC(=O)/C(=C/C(=O)OC(C)(C)C)[C@@H]1N[C@@H](C(=O)OC(c2ccccc2)c2ccccc2)C(C)(C)S1. The molecular weight excluding hydrogens is 478 g/mol. The lowest BCUT2D eigenvalue weighted by molar-refractivity contribution is -0.151. The second-order valence-corrected chi connectivity index (χ2v) is 11.7. The van der Waals surface area contributed by atoms with Gasteiger partial charge < -0.3 is 14.2 Å². The van der Waals surface area contributed by atoms with Gasteiger partial charge in [-0.25, -0.2) is 9.59 Å². The third-order valence-corrected chi connectivity index (χ3v) is 6.96. The van der Waals surface area contributed by atoms with Crippen LogP contribution in [0.1, 0.15) is 51.8 Å². The minimum Gasteiger partial charge on any atom is -0.466 e. The summed E-state index contributed by atoms with van der Waals surface area (Å²) in [5.74, 6) is -1.81. The zero-order chi connectivity index (χ0) is 26.5. The van der Waals surface area contributed by atoms with Gasteiger partial charge in [-0.05, 0) is 45.7 Å². The number of hydrogen-bond donors (Lipinski definition) is 1. The van der Waals surface area contributed by atoms with Gasteiger partial charge in [-0.2, -0.15) is 0 Å². The summed E-state index contributed by atoms with van der Waals surface area (Å²) in [7, 11) is 1.24. The molecular formula is C28H33NO6S. The van der Waals surface area contributed by atoms with E-state index in [4.69, 9.17) is 14.2 Å². The van der Waals surface area contributed by atoms with Gasteiger partial charge in [-0.1, -0.05) is 60.7 Å². The van der Waals surface area contributed by atoms with Crippen molar-refractivity contribution >= 4 is 29.7 Å². The van der Waals surface area contributed by atoms with Crippen LogP contribution in [-0.4, -0.2) is 46.8 Å². The van der Waals surface area contributed by atoms with E-state index in [1.807, 2.05) is 74.5 Å². The smallest absolute Gasteiger partial charge is 0.336 e. The van der Waals surface area contributed by atoms with E-state index in [-0.39, 0.29) is 5.57 Å². The Bertz CT molecular complexity index is 1070. The summed E-state index contributed by atoms with van der Waals surface area (Å²) in [5, 5.41) is 2.51. The topological polar surface area (TPSA) is 90.9 Å². The Hall–Kier alpha value is -3.10. The fourth-order valence-electron chi connectivity index (χ4n) is 3.85. The van der Waals surface area contributed by atoms with Gasteiger partial charge >= 0.3 is 17.9 Å². The van der Waals surface area contributed by atoms with Crippen LogP contribution in [0, 0.1) is 0 Å². The number of ether oxygens (including phenoxy) is 3. The highest BCUT2D eigenvalue weighted by Crippen LogP contribution is 2.42. The molecule has 0 radical (unpaired) electrons. The van der Waals surface area contributed by atoms with Crippen LogP contribution in [0.4, 0.5) is 0 Å². The zero-order valence-electron chi connectivity index (χ0n) is 21.4. The first kappa shape index (κ1) is 27.5. The van der Waals surface area contributed by atoms with E-state index in [2.05, 4.69) is 5.32 Å². The number of methoxy groups -OCH3 is 1. The molecule has 2 aromatic rings. The second kappa shape index (κ2) is 11.3. The molecule has 1 N–H and O–H groups in total. The van der Waals surface area contributed by atoms with Crippen LogP contribution in [0.2, 0.25) is 0 Å². The van der Waals surface area contributed by atoms with E-state index in [1.54, 1.807) is 20.8 Å². The number of esters is 3. The highest BCUT2D eigenvalue weighted by atomic mass is 32.2. The predicted octanol–water partition coefficient (Wildman–Crippen LogP) is 4.57. The molecule has 7 nitrogen and oxygen atoms in total. The summed E-state index contributed by atoms with van der Waals surface area (Å²) in [6, 6.07) is 18.3. The lowest BCUT2D eigenvalue weighted by Gasteiger charge is -2.26. The van der Waals surface area contributed by atoms with Crippen LogP contribution in [0.15, 0.2) is 72.3 Å². The number of hydrogen-bond acceptors (Lipinski definition) is 8. The van der Waals surface area contributed by atoms with Crippen molar-refractivity contribution in [2.75, 3.05) is 7.11 Å². The molecule has 0 aliphatic carbocycles. The third kappa shape index (κ3) is 6.98. The molecule has 2 aromatic carbocycles. The van der Waals surface area contributed by atoms with Gasteiger partial charge in [0.2, 0.25) is 0 Å². The van der Waals surface area contributed by atoms with Crippen LogP contribution in [0.5, 0.6) is 0 Å². The van der Waals surface area contributed by atoms with Crippen molar-refractivity contribution in [2.45, 2.75) is 62.5 Å². The van der Waals surface area contributed by atoms with Crippen molar-refractivity contribution in [3.05, 3.63) is 83.4 Å². The highest BCUT2D eigenvalue weighted by molar-refractivity contribution is 8.01. The molecule has 1 aliphatic rings. The number of benzene rings is 2. The quantitative estimate of drug-likeness (QED) is 0.328. The van der Waals surface area contributed by atoms with Crippen LogP contribution in [0.3, 0.4) is 0 Å². The lowest BCUT2D eigenvalue weighted by Crippen LogP contribution is -2.46. The molecule has 0 unspecified atom stereocenters. The summed E-state index contributed by atoms with van der Waals surface area (Å²) >= 11 is 1.35. The van der Waals surface area contributed by atoms with Crippen LogP contribution in [-0.2, 0) is 28.6 Å². The molecule has 0 amide bonds. The molecule has 0 bridgehead atoms. The first-order valence-electron chi connectivity index (χ1n) is 11.7. The van der Waals surface area contributed by atoms with E-state index in [0.717, 1.165) is 17.2 Å². The van der Waals surface area contributed by atoms with Crippen molar-refractivity contribution in [3.8, 4) is 0 Å². The van der Waals surface area contributed by atoms with E-state index in [0.29, 0.717) is 0 Å². The maximum Gasteiger partial charge on any atom is 0.336 e. The average Bonchev–Trinajstić information content (AvgIpc) is 3.15. The zero-order valence-corrected chi connectivity index (χ0v) is 22.3. The maximum absolute atomic E-state index is 13.5. The maximum atomic E-state index is 13.5. The fraction of sp³-hybridized carbons (Fsp3) is 0.393. The minimum absolute atomic E-state index is 0.0720. The Balaban J connectivity index is 1.86. The van der Waals surface area contributed by atoms with Gasteiger partial charge in [0.1, 0.15) is 11.6 Å². The predicted molar refractivity (Wildman–Crippen MR) is 139 cm³/mol. The number of thioether (sulfide) groups is 1. The van der Waals surface area contributed by atoms with E-state index < -0.39 is 45.8 Å². The Kier molecular flexibility index (Phi) is 8.63. The molecule has 1 aliphatic heterocycles. The van der Waals surface area contributed by atoms with Crippen molar-refractivity contribution in [1.29, 1.82) is 0 Å². The molecule has 2 atom stereocenters. The summed E-state index contributed by atoms with van der Waals surface area (Å²) in [4.78, 5) is 38.5. The first-order valence-corrected chi connectivity index (χ1v) is 12.6. The molecule has 8 heteroatoms. The summed E-state index contributed by atoms with van der Waals surface area (Å²) in [6.07, 6.45) is 0.529. The number of carbonyl (C=O) groups excluding carboxylic acids is 3. The molecule has 0 spiro atoms. The van der Waals surface area contributed by atoms with Gasteiger partial charge in [0, 0.05) is 10.8 Å². The van der Waals surface area contributed by atoms with Gasteiger partial charge in [0.05, 0.1) is 18.1 Å². The van der Waals surface area contributed by atoms with Gasteiger partial charge in [0.25, 0.3) is 0 Å². The molecule has 1 fully saturated rings. The number of carbonyl (C=O) groups is 3. The van der Waals surface area contributed by atoms with Gasteiger partial charge in [0.15, 0.2) is 6.10 Å². The average molecular weight is 512 g/mol. The minimum atomic E-state index is -0.755.